The minimum absolute atomic E-state index is 0.0951. The van der Waals surface area contributed by atoms with Gasteiger partial charge in [-0.3, -0.25) is 4.79 Å². The maximum Gasteiger partial charge on any atom is 0.246 e. The normalized spacial score (nSPS) is 10.4. The zero-order valence-corrected chi connectivity index (χ0v) is 13.2. The molecule has 6 nitrogen and oxygen atoms in total. The van der Waals surface area contributed by atoms with Crippen molar-refractivity contribution in [3.63, 3.8) is 0 Å². The van der Waals surface area contributed by atoms with Crippen molar-refractivity contribution in [1.82, 2.24) is 15.5 Å². The predicted molar refractivity (Wildman–Crippen MR) is 88.3 cm³/mol. The van der Waals surface area contributed by atoms with Gasteiger partial charge in [-0.1, -0.05) is 47.6 Å². The number of aromatic nitrogens is 2. The molecule has 1 N–H and O–H groups in total. The van der Waals surface area contributed by atoms with Crippen LogP contribution in [0.1, 0.15) is 11.5 Å². The van der Waals surface area contributed by atoms with Crippen molar-refractivity contribution >= 4 is 5.91 Å². The van der Waals surface area contributed by atoms with Crippen LogP contribution in [-0.4, -0.2) is 23.2 Å². The van der Waals surface area contributed by atoms with Crippen LogP contribution in [0.25, 0.3) is 11.4 Å². The fourth-order valence-electron chi connectivity index (χ4n) is 2.22. The Morgan fingerprint density at radius 3 is 2.79 bits per heavy atom. The quantitative estimate of drug-likeness (QED) is 0.754. The molecule has 0 aliphatic carbocycles. The van der Waals surface area contributed by atoms with Gasteiger partial charge in [-0.2, -0.15) is 4.98 Å². The Bertz CT molecular complexity index is 815. The maximum absolute atomic E-state index is 11.9. The summed E-state index contributed by atoms with van der Waals surface area (Å²) in [4.78, 5) is 16.2. The first kappa shape index (κ1) is 15.7. The average Bonchev–Trinajstić information content (AvgIpc) is 3.10. The van der Waals surface area contributed by atoms with Crippen LogP contribution in [0.3, 0.4) is 0 Å². The van der Waals surface area contributed by atoms with Gasteiger partial charge in [-0.05, 0) is 17.7 Å². The number of hydrogen-bond acceptors (Lipinski definition) is 5. The van der Waals surface area contributed by atoms with Crippen LogP contribution in [0.5, 0.6) is 5.75 Å². The maximum atomic E-state index is 11.9. The van der Waals surface area contributed by atoms with E-state index in [9.17, 15) is 4.79 Å². The summed E-state index contributed by atoms with van der Waals surface area (Å²) in [6, 6.07) is 16.9. The summed E-state index contributed by atoms with van der Waals surface area (Å²) in [5.74, 6) is 1.44. The standard InChI is InChI=1S/C18H17N3O3/c1-23-15-9-5-8-14(11-15)18-20-17(24-21-18)12-19-16(22)10-13-6-3-2-4-7-13/h2-9,11H,10,12H2,1H3,(H,19,22). The number of benzene rings is 2. The minimum atomic E-state index is -0.0951. The van der Waals surface area contributed by atoms with Crippen molar-refractivity contribution in [3.8, 4) is 17.1 Å². The van der Waals surface area contributed by atoms with Gasteiger partial charge < -0.3 is 14.6 Å². The number of carbonyl (C=O) groups is 1. The highest BCUT2D eigenvalue weighted by Crippen LogP contribution is 2.21. The van der Waals surface area contributed by atoms with Crippen molar-refractivity contribution in [2.24, 2.45) is 0 Å². The van der Waals surface area contributed by atoms with E-state index < -0.39 is 0 Å². The molecule has 0 saturated carbocycles. The SMILES string of the molecule is COc1cccc(-c2noc(CNC(=O)Cc3ccccc3)n2)c1. The molecule has 1 amide bonds. The molecule has 1 aromatic heterocycles. The number of ether oxygens (including phenoxy) is 1. The van der Waals surface area contributed by atoms with Crippen LogP contribution in [0, 0.1) is 0 Å². The van der Waals surface area contributed by atoms with Crippen LogP contribution in [-0.2, 0) is 17.8 Å². The van der Waals surface area contributed by atoms with Crippen LogP contribution in [0.15, 0.2) is 59.1 Å². The molecular formula is C18H17N3O3. The molecule has 0 aliphatic heterocycles. The molecule has 0 saturated heterocycles. The Balaban J connectivity index is 1.59. The lowest BCUT2D eigenvalue weighted by Gasteiger charge is -2.02. The van der Waals surface area contributed by atoms with Crippen LogP contribution < -0.4 is 10.1 Å². The van der Waals surface area contributed by atoms with Gasteiger partial charge in [-0.25, -0.2) is 0 Å². The molecule has 0 aliphatic rings. The first-order valence-electron chi connectivity index (χ1n) is 7.52. The summed E-state index contributed by atoms with van der Waals surface area (Å²) in [6.45, 7) is 0.197. The number of hydrogen-bond donors (Lipinski definition) is 1. The third-order valence-electron chi connectivity index (χ3n) is 3.44. The molecule has 6 heteroatoms. The minimum Gasteiger partial charge on any atom is -0.497 e. The van der Waals surface area contributed by atoms with Crippen LogP contribution in [0.2, 0.25) is 0 Å². The summed E-state index contributed by atoms with van der Waals surface area (Å²) in [6.07, 6.45) is 0.317. The van der Waals surface area contributed by atoms with Gasteiger partial charge in [0.25, 0.3) is 0 Å². The third-order valence-corrected chi connectivity index (χ3v) is 3.44. The van der Waals surface area contributed by atoms with E-state index in [1.807, 2.05) is 54.6 Å². The van der Waals surface area contributed by atoms with Gasteiger partial charge in [0, 0.05) is 5.56 Å². The number of methoxy groups -OCH3 is 1. The number of carbonyl (C=O) groups excluding carboxylic acids is 1. The topological polar surface area (TPSA) is 77.3 Å². The summed E-state index contributed by atoms with van der Waals surface area (Å²) in [7, 11) is 1.60. The van der Waals surface area contributed by atoms with Crippen molar-refractivity contribution < 1.29 is 14.1 Å². The molecule has 0 bridgehead atoms. The molecule has 0 radical (unpaired) electrons. The Labute approximate surface area is 139 Å². The van der Waals surface area contributed by atoms with Crippen molar-refractivity contribution in [3.05, 3.63) is 66.1 Å². The third kappa shape index (κ3) is 3.98. The lowest BCUT2D eigenvalue weighted by molar-refractivity contribution is -0.120. The molecule has 24 heavy (non-hydrogen) atoms. The molecular weight excluding hydrogens is 306 g/mol. The van der Waals surface area contributed by atoms with Crippen LogP contribution in [0.4, 0.5) is 0 Å². The van der Waals surface area contributed by atoms with Gasteiger partial charge in [0.05, 0.1) is 20.1 Å². The number of nitrogens with zero attached hydrogens (tertiary/aromatic N) is 2. The van der Waals surface area contributed by atoms with E-state index in [-0.39, 0.29) is 12.5 Å². The Kier molecular flexibility index (Phi) is 4.86. The zero-order chi connectivity index (χ0) is 16.8. The highest BCUT2D eigenvalue weighted by Gasteiger charge is 2.11. The molecule has 0 unspecified atom stereocenters. The predicted octanol–water partition coefficient (Wildman–Crippen LogP) is 2.60. The molecule has 122 valence electrons. The monoisotopic (exact) mass is 323 g/mol. The molecule has 3 rings (SSSR count). The second kappa shape index (κ2) is 7.41. The van der Waals surface area contributed by atoms with Crippen molar-refractivity contribution in [2.45, 2.75) is 13.0 Å². The van der Waals surface area contributed by atoms with Gasteiger partial charge >= 0.3 is 0 Å². The molecule has 2 aromatic carbocycles. The lowest BCUT2D eigenvalue weighted by Crippen LogP contribution is -2.24. The number of nitrogens with one attached hydrogen (secondary N) is 1. The highest BCUT2D eigenvalue weighted by atomic mass is 16.5. The molecule has 0 spiro atoms. The Morgan fingerprint density at radius 2 is 2.00 bits per heavy atom. The highest BCUT2D eigenvalue weighted by molar-refractivity contribution is 5.78. The molecule has 3 aromatic rings. The van der Waals surface area contributed by atoms with E-state index in [1.54, 1.807) is 7.11 Å². The van der Waals surface area contributed by atoms with Gasteiger partial charge in [0.1, 0.15) is 5.75 Å². The first-order chi connectivity index (χ1) is 11.7. The lowest BCUT2D eigenvalue weighted by atomic mass is 10.1. The fraction of sp³-hybridized carbons (Fsp3) is 0.167. The number of rotatable bonds is 6. The largest absolute Gasteiger partial charge is 0.497 e. The van der Waals surface area contributed by atoms with Gasteiger partial charge in [0.2, 0.25) is 17.6 Å². The molecule has 0 fully saturated rings. The van der Waals surface area contributed by atoms with Crippen LogP contribution >= 0.6 is 0 Å². The second-order valence-corrected chi connectivity index (χ2v) is 5.18. The van der Waals surface area contributed by atoms with Gasteiger partial charge in [0.15, 0.2) is 0 Å². The van der Waals surface area contributed by atoms with E-state index in [2.05, 4.69) is 15.5 Å². The molecule has 0 atom stereocenters. The van der Waals surface area contributed by atoms with E-state index >= 15 is 0 Å². The average molecular weight is 323 g/mol. The molecule has 1 heterocycles. The van der Waals surface area contributed by atoms with E-state index in [4.69, 9.17) is 9.26 Å². The Morgan fingerprint density at radius 1 is 1.17 bits per heavy atom. The van der Waals surface area contributed by atoms with Crippen molar-refractivity contribution in [1.29, 1.82) is 0 Å². The second-order valence-electron chi connectivity index (χ2n) is 5.18. The van der Waals surface area contributed by atoms with E-state index in [1.165, 1.54) is 0 Å². The fourth-order valence-corrected chi connectivity index (χ4v) is 2.22. The van der Waals surface area contributed by atoms with Crippen molar-refractivity contribution in [2.75, 3.05) is 7.11 Å². The first-order valence-corrected chi connectivity index (χ1v) is 7.52. The van der Waals surface area contributed by atoms with Gasteiger partial charge in [-0.15, -0.1) is 0 Å². The summed E-state index contributed by atoms with van der Waals surface area (Å²) in [5.41, 5.74) is 1.75. The Hall–Kier alpha value is -3.15. The summed E-state index contributed by atoms with van der Waals surface area (Å²) < 4.78 is 10.4. The smallest absolute Gasteiger partial charge is 0.246 e. The number of amides is 1. The summed E-state index contributed by atoms with van der Waals surface area (Å²) >= 11 is 0. The van der Waals surface area contributed by atoms with E-state index in [0.29, 0.717) is 18.1 Å². The summed E-state index contributed by atoms with van der Waals surface area (Å²) in [5, 5.41) is 6.71. The zero-order valence-electron chi connectivity index (χ0n) is 13.2. The van der Waals surface area contributed by atoms with E-state index in [0.717, 1.165) is 16.9 Å².